The quantitative estimate of drug-likeness (QED) is 0.217. The summed E-state index contributed by atoms with van der Waals surface area (Å²) in [4.78, 5) is 8.66. The fourth-order valence-corrected chi connectivity index (χ4v) is 3.46. The molecule has 138 valence electrons. The minimum atomic E-state index is 0. The zero-order chi connectivity index (χ0) is 17.6. The van der Waals surface area contributed by atoms with Gasteiger partial charge in [-0.15, -0.1) is 23.7 Å². The first kappa shape index (κ1) is 22.0. The normalized spacial score (nSPS) is 11.0. The van der Waals surface area contributed by atoms with Crippen LogP contribution in [0.4, 0.5) is 0 Å². The molecule has 2 aromatic rings. The summed E-state index contributed by atoms with van der Waals surface area (Å²) < 4.78 is 0. The molecule has 0 fully saturated rings. The maximum absolute atomic E-state index is 8.81. The SMILES string of the molecule is Cl.N#CN/C(=N\CCCSCc1cscn1)NC/C=C/c1ccccc1. The summed E-state index contributed by atoms with van der Waals surface area (Å²) in [7, 11) is 0. The summed E-state index contributed by atoms with van der Waals surface area (Å²) in [6, 6.07) is 10.1. The third-order valence-corrected chi connectivity index (χ3v) is 4.83. The molecule has 8 heteroatoms. The molecule has 0 saturated carbocycles. The van der Waals surface area contributed by atoms with Gasteiger partial charge in [0.25, 0.3) is 0 Å². The summed E-state index contributed by atoms with van der Waals surface area (Å²) >= 11 is 3.48. The van der Waals surface area contributed by atoms with Crippen molar-refractivity contribution >= 4 is 47.5 Å². The number of thioether (sulfide) groups is 1. The van der Waals surface area contributed by atoms with Crippen LogP contribution in [0.1, 0.15) is 17.7 Å². The zero-order valence-corrected chi connectivity index (χ0v) is 16.7. The largest absolute Gasteiger partial charge is 0.352 e. The fraction of sp³-hybridized carbons (Fsp3) is 0.278. The second-order valence-corrected chi connectivity index (χ2v) is 6.87. The molecule has 0 unspecified atom stereocenters. The van der Waals surface area contributed by atoms with Crippen LogP contribution >= 0.6 is 35.5 Å². The molecule has 0 aliphatic rings. The van der Waals surface area contributed by atoms with E-state index in [1.165, 1.54) is 0 Å². The lowest BCUT2D eigenvalue weighted by molar-refractivity contribution is 0.896. The number of halogens is 1. The van der Waals surface area contributed by atoms with Gasteiger partial charge in [-0.2, -0.15) is 17.0 Å². The van der Waals surface area contributed by atoms with Crippen LogP contribution in [0, 0.1) is 11.5 Å². The molecule has 0 aliphatic heterocycles. The second-order valence-electron chi connectivity index (χ2n) is 5.05. The van der Waals surface area contributed by atoms with E-state index in [0.29, 0.717) is 19.0 Å². The van der Waals surface area contributed by atoms with E-state index < -0.39 is 0 Å². The smallest absolute Gasteiger partial charge is 0.204 e. The van der Waals surface area contributed by atoms with Crippen molar-refractivity contribution in [2.24, 2.45) is 4.99 Å². The van der Waals surface area contributed by atoms with E-state index >= 15 is 0 Å². The number of aliphatic imine (C=N–C) groups is 1. The highest BCUT2D eigenvalue weighted by Gasteiger charge is 1.97. The summed E-state index contributed by atoms with van der Waals surface area (Å²) in [6.45, 7) is 1.30. The fourth-order valence-electron chi connectivity index (χ4n) is 1.95. The van der Waals surface area contributed by atoms with Gasteiger partial charge in [-0.3, -0.25) is 10.3 Å². The van der Waals surface area contributed by atoms with Crippen LogP contribution in [0.25, 0.3) is 6.08 Å². The van der Waals surface area contributed by atoms with Crippen LogP contribution in [0.15, 0.2) is 52.3 Å². The van der Waals surface area contributed by atoms with Crippen LogP contribution in [0.5, 0.6) is 0 Å². The van der Waals surface area contributed by atoms with Crippen molar-refractivity contribution in [3.8, 4) is 6.19 Å². The number of nitriles is 1. The van der Waals surface area contributed by atoms with Crippen molar-refractivity contribution in [2.45, 2.75) is 12.2 Å². The molecule has 0 bridgehead atoms. The Kier molecular flexibility index (Phi) is 12.0. The van der Waals surface area contributed by atoms with Crippen LogP contribution in [-0.2, 0) is 5.75 Å². The first-order valence-corrected chi connectivity index (χ1v) is 10.1. The highest BCUT2D eigenvalue weighted by Crippen LogP contribution is 2.12. The molecular weight excluding hydrogens is 386 g/mol. The van der Waals surface area contributed by atoms with E-state index in [1.54, 1.807) is 11.3 Å². The predicted octanol–water partition coefficient (Wildman–Crippen LogP) is 3.92. The van der Waals surface area contributed by atoms with Crippen molar-refractivity contribution in [2.75, 3.05) is 18.8 Å². The van der Waals surface area contributed by atoms with Gasteiger partial charge in [0.05, 0.1) is 11.2 Å². The number of hydrogen-bond donors (Lipinski definition) is 2. The van der Waals surface area contributed by atoms with Gasteiger partial charge in [0.2, 0.25) is 5.96 Å². The Morgan fingerprint density at radius 1 is 1.35 bits per heavy atom. The first-order chi connectivity index (χ1) is 12.4. The van der Waals surface area contributed by atoms with Crippen LogP contribution in [0.2, 0.25) is 0 Å². The third kappa shape index (κ3) is 9.47. The number of thiazole rings is 1. The van der Waals surface area contributed by atoms with Gasteiger partial charge in [0.15, 0.2) is 6.19 Å². The lowest BCUT2D eigenvalue weighted by Gasteiger charge is -2.05. The first-order valence-electron chi connectivity index (χ1n) is 7.98. The highest BCUT2D eigenvalue weighted by molar-refractivity contribution is 7.98. The molecule has 1 aromatic carbocycles. The average molecular weight is 408 g/mol. The molecule has 0 amide bonds. The van der Waals surface area contributed by atoms with Crippen LogP contribution < -0.4 is 10.6 Å². The number of nitrogens with one attached hydrogen (secondary N) is 2. The second kappa shape index (κ2) is 14.2. The highest BCUT2D eigenvalue weighted by atomic mass is 35.5. The number of aromatic nitrogens is 1. The lowest BCUT2D eigenvalue weighted by Crippen LogP contribution is -2.34. The number of hydrogen-bond acceptors (Lipinski definition) is 5. The van der Waals surface area contributed by atoms with Gasteiger partial charge in [-0.1, -0.05) is 42.5 Å². The van der Waals surface area contributed by atoms with Gasteiger partial charge < -0.3 is 5.32 Å². The zero-order valence-electron chi connectivity index (χ0n) is 14.3. The minimum Gasteiger partial charge on any atom is -0.352 e. The Hall–Kier alpha value is -2.01. The molecule has 0 spiro atoms. The van der Waals surface area contributed by atoms with Crippen molar-refractivity contribution in [1.29, 1.82) is 5.26 Å². The Bertz CT molecular complexity index is 696. The molecule has 2 N–H and O–H groups in total. The van der Waals surface area contributed by atoms with E-state index in [-0.39, 0.29) is 12.4 Å². The minimum absolute atomic E-state index is 0. The third-order valence-electron chi connectivity index (χ3n) is 3.12. The molecule has 2 rings (SSSR count). The van der Waals surface area contributed by atoms with Crippen molar-refractivity contribution in [3.63, 3.8) is 0 Å². The Morgan fingerprint density at radius 3 is 2.92 bits per heavy atom. The van der Waals surface area contributed by atoms with Gasteiger partial charge in [-0.25, -0.2) is 4.98 Å². The van der Waals surface area contributed by atoms with E-state index in [0.717, 1.165) is 29.2 Å². The van der Waals surface area contributed by atoms with Crippen molar-refractivity contribution in [1.82, 2.24) is 15.6 Å². The number of guanidine groups is 1. The van der Waals surface area contributed by atoms with E-state index in [4.69, 9.17) is 5.26 Å². The lowest BCUT2D eigenvalue weighted by atomic mass is 10.2. The Morgan fingerprint density at radius 2 is 2.19 bits per heavy atom. The van der Waals surface area contributed by atoms with Crippen LogP contribution in [0.3, 0.4) is 0 Å². The van der Waals surface area contributed by atoms with E-state index in [2.05, 4.69) is 26.0 Å². The molecule has 0 radical (unpaired) electrons. The molecule has 0 aliphatic carbocycles. The number of benzene rings is 1. The molecule has 5 nitrogen and oxygen atoms in total. The van der Waals surface area contributed by atoms with Crippen molar-refractivity contribution in [3.05, 3.63) is 58.6 Å². The Labute approximate surface area is 169 Å². The number of nitrogens with zero attached hydrogens (tertiary/aromatic N) is 3. The molecule has 26 heavy (non-hydrogen) atoms. The topological polar surface area (TPSA) is 73.1 Å². The van der Waals surface area contributed by atoms with Crippen molar-refractivity contribution < 1.29 is 0 Å². The maximum atomic E-state index is 8.81. The van der Waals surface area contributed by atoms with Gasteiger partial charge >= 0.3 is 0 Å². The molecule has 0 atom stereocenters. The monoisotopic (exact) mass is 407 g/mol. The van der Waals surface area contributed by atoms with Gasteiger partial charge in [-0.05, 0) is 17.7 Å². The van der Waals surface area contributed by atoms with Crippen LogP contribution in [-0.4, -0.2) is 29.8 Å². The standard InChI is InChI=1S/C18H21N5S2.ClH/c19-14-22-18(20-9-4-8-16-6-2-1-3-7-16)21-10-5-11-24-12-17-13-25-15-23-17;/h1-4,6-8,13,15H,5,9-12H2,(H2,20,21,22);1H/b8-4+;. The molecule has 1 heterocycles. The number of rotatable bonds is 9. The summed E-state index contributed by atoms with van der Waals surface area (Å²) in [6.07, 6.45) is 6.92. The van der Waals surface area contributed by atoms with E-state index in [9.17, 15) is 0 Å². The summed E-state index contributed by atoms with van der Waals surface area (Å²) in [5.41, 5.74) is 4.14. The molecular formula is C18H22ClN5S2. The maximum Gasteiger partial charge on any atom is 0.204 e. The molecule has 1 aromatic heterocycles. The average Bonchev–Trinajstić information content (AvgIpc) is 3.16. The summed E-state index contributed by atoms with van der Waals surface area (Å²) in [5.74, 6) is 2.48. The van der Waals surface area contributed by atoms with Gasteiger partial charge in [0.1, 0.15) is 0 Å². The Balaban J connectivity index is 0.00000338. The van der Waals surface area contributed by atoms with E-state index in [1.807, 2.05) is 65.9 Å². The molecule has 0 saturated heterocycles. The van der Waals surface area contributed by atoms with Gasteiger partial charge in [0, 0.05) is 24.2 Å². The summed E-state index contributed by atoms with van der Waals surface area (Å²) in [5, 5.41) is 16.6. The predicted molar refractivity (Wildman–Crippen MR) is 115 cm³/mol.